The van der Waals surface area contributed by atoms with Crippen LogP contribution in [0.4, 0.5) is 0 Å². The van der Waals surface area contributed by atoms with Crippen LogP contribution in [-0.2, 0) is 9.59 Å². The normalized spacial score (nSPS) is 27.1. The Morgan fingerprint density at radius 2 is 2.24 bits per heavy atom. The summed E-state index contributed by atoms with van der Waals surface area (Å²) in [5.41, 5.74) is 0. The fourth-order valence-corrected chi connectivity index (χ4v) is 7.11. The van der Waals surface area contributed by atoms with Crippen molar-refractivity contribution < 1.29 is 9.59 Å². The van der Waals surface area contributed by atoms with Crippen LogP contribution in [-0.4, -0.2) is 43.8 Å². The molecule has 1 aliphatic heterocycles. The summed E-state index contributed by atoms with van der Waals surface area (Å²) in [5.74, 6) is 3.31. The van der Waals surface area contributed by atoms with Crippen LogP contribution >= 0.6 is 23.1 Å². The third-order valence-electron chi connectivity index (χ3n) is 6.92. The van der Waals surface area contributed by atoms with E-state index in [1.54, 1.807) is 11.3 Å². The fraction of sp³-hybridized carbons (Fsp3) is 0.619. The molecule has 0 radical (unpaired) electrons. The van der Waals surface area contributed by atoms with Gasteiger partial charge in [-0.05, 0) is 61.8 Å². The Labute approximate surface area is 179 Å². The highest BCUT2D eigenvalue weighted by molar-refractivity contribution is 7.99. The maximum atomic E-state index is 12.5. The zero-order valence-electron chi connectivity index (χ0n) is 16.6. The lowest BCUT2D eigenvalue weighted by atomic mass is 9.84. The van der Waals surface area contributed by atoms with Crippen molar-refractivity contribution in [3.05, 3.63) is 17.5 Å². The van der Waals surface area contributed by atoms with Crippen LogP contribution in [0, 0.1) is 17.8 Å². The van der Waals surface area contributed by atoms with Gasteiger partial charge < -0.3 is 0 Å². The Hall–Kier alpha value is -1.67. The number of hydrogen-bond donors (Lipinski definition) is 0. The van der Waals surface area contributed by atoms with Crippen LogP contribution in [0.15, 0.2) is 22.7 Å². The number of fused-ring (bicyclic) bond motifs is 2. The van der Waals surface area contributed by atoms with Gasteiger partial charge in [0.25, 0.3) is 0 Å². The lowest BCUT2D eigenvalue weighted by molar-refractivity contribution is -0.140. The van der Waals surface area contributed by atoms with Gasteiger partial charge in [0, 0.05) is 19.0 Å². The van der Waals surface area contributed by atoms with E-state index in [0.29, 0.717) is 24.9 Å². The molecular formula is C21H26N4O2S2. The summed E-state index contributed by atoms with van der Waals surface area (Å²) >= 11 is 3.09. The van der Waals surface area contributed by atoms with Crippen molar-refractivity contribution >= 4 is 34.9 Å². The third-order valence-corrected chi connectivity index (χ3v) is 8.72. The number of carbonyl (C=O) groups excluding carboxylic acids is 2. The van der Waals surface area contributed by atoms with E-state index in [1.807, 2.05) is 6.07 Å². The van der Waals surface area contributed by atoms with Gasteiger partial charge >= 0.3 is 0 Å². The quantitative estimate of drug-likeness (QED) is 0.641. The van der Waals surface area contributed by atoms with Gasteiger partial charge in [-0.25, -0.2) is 0 Å². The number of nitrogens with zero attached hydrogens (tertiary/aromatic N) is 4. The molecule has 4 unspecified atom stereocenters. The number of hydrogen-bond acceptors (Lipinski definition) is 6. The van der Waals surface area contributed by atoms with Crippen molar-refractivity contribution in [3.8, 4) is 10.7 Å². The van der Waals surface area contributed by atoms with Gasteiger partial charge in [0.2, 0.25) is 11.8 Å². The molecule has 2 bridgehead atoms. The summed E-state index contributed by atoms with van der Waals surface area (Å²) in [7, 11) is 0. The van der Waals surface area contributed by atoms with Gasteiger partial charge in [-0.3, -0.25) is 19.1 Å². The molecule has 0 N–H and O–H groups in total. The highest BCUT2D eigenvalue weighted by Gasteiger charge is 2.43. The maximum Gasteiger partial charge on any atom is 0.239 e. The lowest BCUT2D eigenvalue weighted by Crippen LogP contribution is -2.33. The number of rotatable bonds is 6. The average molecular weight is 431 g/mol. The number of likely N-dealkylation sites (tertiary alicyclic amines) is 1. The van der Waals surface area contributed by atoms with Gasteiger partial charge in [0.15, 0.2) is 11.0 Å². The van der Waals surface area contributed by atoms with Gasteiger partial charge in [-0.2, -0.15) is 0 Å². The molecule has 0 spiro atoms. The average Bonchev–Trinajstić information content (AvgIpc) is 3.53. The standard InChI is InChI=1S/C21H26N4O2S2/c1-13(16-11-14-6-7-15(16)10-14)25-20(17-4-3-9-28-17)22-23-21(25)29-12-19(27)24-8-2-5-18(24)26/h3-4,9,13-16H,2,5-8,10-12H2,1H3. The van der Waals surface area contributed by atoms with E-state index >= 15 is 0 Å². The Bertz CT molecular complexity index is 910. The van der Waals surface area contributed by atoms with Crippen LogP contribution in [0.3, 0.4) is 0 Å². The second-order valence-electron chi connectivity index (χ2n) is 8.56. The molecule has 4 atom stereocenters. The minimum atomic E-state index is -0.114. The molecule has 2 saturated carbocycles. The molecule has 2 amide bonds. The first-order chi connectivity index (χ1) is 14.1. The zero-order valence-corrected chi connectivity index (χ0v) is 18.3. The smallest absolute Gasteiger partial charge is 0.239 e. The zero-order chi connectivity index (χ0) is 20.0. The van der Waals surface area contributed by atoms with Crippen LogP contribution in [0.25, 0.3) is 10.7 Å². The highest BCUT2D eigenvalue weighted by atomic mass is 32.2. The van der Waals surface area contributed by atoms with Crippen LogP contribution in [0.1, 0.15) is 51.5 Å². The maximum absolute atomic E-state index is 12.5. The van der Waals surface area contributed by atoms with Crippen molar-refractivity contribution in [1.82, 2.24) is 19.7 Å². The van der Waals surface area contributed by atoms with E-state index in [-0.39, 0.29) is 17.6 Å². The summed E-state index contributed by atoms with van der Waals surface area (Å²) in [4.78, 5) is 26.9. The van der Waals surface area contributed by atoms with Gasteiger partial charge in [-0.15, -0.1) is 21.5 Å². The van der Waals surface area contributed by atoms with Crippen molar-refractivity contribution in [2.45, 2.75) is 56.6 Å². The van der Waals surface area contributed by atoms with Gasteiger partial charge in [0.05, 0.1) is 10.6 Å². The summed E-state index contributed by atoms with van der Waals surface area (Å²) in [6, 6.07) is 4.43. The Morgan fingerprint density at radius 3 is 2.90 bits per heavy atom. The molecule has 29 heavy (non-hydrogen) atoms. The van der Waals surface area contributed by atoms with E-state index in [2.05, 4.69) is 33.1 Å². The van der Waals surface area contributed by atoms with Gasteiger partial charge in [0.1, 0.15) is 0 Å². The minimum absolute atomic E-state index is 0.0494. The molecule has 2 aliphatic carbocycles. The van der Waals surface area contributed by atoms with Gasteiger partial charge in [-0.1, -0.05) is 24.2 Å². The Morgan fingerprint density at radius 1 is 1.34 bits per heavy atom. The van der Waals surface area contributed by atoms with Crippen LogP contribution in [0.5, 0.6) is 0 Å². The van der Waals surface area contributed by atoms with E-state index in [1.165, 1.54) is 42.3 Å². The summed E-state index contributed by atoms with van der Waals surface area (Å²) in [6.45, 7) is 2.84. The molecule has 5 rings (SSSR count). The molecule has 2 aromatic heterocycles. The Kier molecular flexibility index (Phi) is 5.24. The molecule has 6 nitrogen and oxygen atoms in total. The summed E-state index contributed by atoms with van der Waals surface area (Å²) in [6.07, 6.45) is 6.64. The number of thiophene rings is 1. The van der Waals surface area contributed by atoms with Crippen molar-refractivity contribution in [2.75, 3.05) is 12.3 Å². The predicted molar refractivity (Wildman–Crippen MR) is 114 cm³/mol. The summed E-state index contributed by atoms with van der Waals surface area (Å²) < 4.78 is 2.26. The number of imide groups is 1. The molecule has 0 aromatic carbocycles. The molecular weight excluding hydrogens is 404 g/mol. The first kappa shape index (κ1) is 19.3. The van der Waals surface area contributed by atoms with Crippen molar-refractivity contribution in [1.29, 1.82) is 0 Å². The molecule has 1 saturated heterocycles. The number of carbonyl (C=O) groups is 2. The topological polar surface area (TPSA) is 68.1 Å². The monoisotopic (exact) mass is 430 g/mol. The second kappa shape index (κ2) is 7.87. The molecule has 2 aromatic rings. The van der Waals surface area contributed by atoms with Crippen LogP contribution < -0.4 is 0 Å². The first-order valence-corrected chi connectivity index (χ1v) is 12.4. The largest absolute Gasteiger partial charge is 0.298 e. The fourth-order valence-electron chi connectivity index (χ4n) is 5.51. The number of aromatic nitrogens is 3. The molecule has 3 aliphatic rings. The molecule has 8 heteroatoms. The van der Waals surface area contributed by atoms with E-state index in [9.17, 15) is 9.59 Å². The minimum Gasteiger partial charge on any atom is -0.298 e. The van der Waals surface area contributed by atoms with E-state index < -0.39 is 0 Å². The Balaban J connectivity index is 1.39. The highest BCUT2D eigenvalue weighted by Crippen LogP contribution is 2.53. The second-order valence-corrected chi connectivity index (χ2v) is 10.5. The van der Waals surface area contributed by atoms with E-state index in [4.69, 9.17) is 0 Å². The van der Waals surface area contributed by atoms with Crippen LogP contribution in [0.2, 0.25) is 0 Å². The lowest BCUT2D eigenvalue weighted by Gasteiger charge is -2.30. The van der Waals surface area contributed by atoms with Crippen molar-refractivity contribution in [2.24, 2.45) is 17.8 Å². The molecule has 3 heterocycles. The predicted octanol–water partition coefficient (Wildman–Crippen LogP) is 4.24. The summed E-state index contributed by atoms with van der Waals surface area (Å²) in [5, 5.41) is 11.8. The SMILES string of the molecule is CC(C1CC2CCC1C2)n1c(SCC(=O)N2CCCC2=O)nnc1-c1cccs1. The number of thioether (sulfide) groups is 1. The van der Waals surface area contributed by atoms with Crippen molar-refractivity contribution in [3.63, 3.8) is 0 Å². The number of amides is 2. The van der Waals surface area contributed by atoms with E-state index in [0.717, 1.165) is 34.1 Å². The first-order valence-electron chi connectivity index (χ1n) is 10.6. The molecule has 154 valence electrons. The third kappa shape index (κ3) is 3.54. The molecule has 3 fully saturated rings.